The number of hydrogen-bond donors (Lipinski definition) is 0. The normalized spacial score (nSPS) is 11.0. The van der Waals surface area contributed by atoms with E-state index in [1.807, 2.05) is 30.6 Å². The fourth-order valence-electron chi connectivity index (χ4n) is 2.78. The van der Waals surface area contributed by atoms with Crippen molar-refractivity contribution in [3.8, 4) is 16.8 Å². The molecule has 0 fully saturated rings. The molecule has 0 radical (unpaired) electrons. The average molecular weight is 349 g/mol. The molecule has 2 heterocycles. The van der Waals surface area contributed by atoms with Crippen molar-refractivity contribution in [1.82, 2.24) is 9.55 Å². The third-order valence-corrected chi connectivity index (χ3v) is 4.28. The molecule has 4 rings (SSSR count). The highest BCUT2D eigenvalue weighted by molar-refractivity contribution is 9.10. The van der Waals surface area contributed by atoms with Crippen LogP contribution < -0.4 is 0 Å². The Bertz CT molecular complexity index is 942. The van der Waals surface area contributed by atoms with Crippen LogP contribution in [0.4, 0.5) is 0 Å². The van der Waals surface area contributed by atoms with Crippen LogP contribution in [-0.2, 0) is 0 Å². The Balaban J connectivity index is 2.01. The number of fused-ring (bicyclic) bond motifs is 1. The predicted molar refractivity (Wildman–Crippen MR) is 94.2 cm³/mol. The summed E-state index contributed by atoms with van der Waals surface area (Å²) in [5.74, 6) is 0. The molecule has 0 amide bonds. The van der Waals surface area contributed by atoms with Crippen LogP contribution >= 0.6 is 15.9 Å². The predicted octanol–water partition coefficient (Wildman–Crippen LogP) is 5.46. The van der Waals surface area contributed by atoms with Crippen LogP contribution in [-0.4, -0.2) is 9.55 Å². The zero-order valence-electron chi connectivity index (χ0n) is 11.8. The Kier molecular flexibility index (Phi) is 3.28. The molecule has 0 atom stereocenters. The van der Waals surface area contributed by atoms with Gasteiger partial charge in [-0.1, -0.05) is 46.3 Å². The second-order valence-corrected chi connectivity index (χ2v) is 6.06. The van der Waals surface area contributed by atoms with Crippen LogP contribution in [0.5, 0.6) is 0 Å². The number of hydrogen-bond acceptors (Lipinski definition) is 1. The van der Waals surface area contributed by atoms with E-state index in [9.17, 15) is 0 Å². The van der Waals surface area contributed by atoms with Crippen molar-refractivity contribution in [1.29, 1.82) is 0 Å². The van der Waals surface area contributed by atoms with Gasteiger partial charge in [-0.2, -0.15) is 0 Å². The van der Waals surface area contributed by atoms with E-state index >= 15 is 0 Å². The number of halogens is 1. The van der Waals surface area contributed by atoms with Crippen LogP contribution in [0.25, 0.3) is 27.7 Å². The molecule has 0 bridgehead atoms. The fraction of sp³-hybridized carbons (Fsp3) is 0. The molecular formula is C19H13BrN2. The zero-order valence-corrected chi connectivity index (χ0v) is 13.4. The van der Waals surface area contributed by atoms with Crippen molar-refractivity contribution in [3.63, 3.8) is 0 Å². The average Bonchev–Trinajstić information content (AvgIpc) is 2.95. The van der Waals surface area contributed by atoms with Crippen molar-refractivity contribution < 1.29 is 0 Å². The van der Waals surface area contributed by atoms with Crippen molar-refractivity contribution >= 4 is 26.8 Å². The quantitative estimate of drug-likeness (QED) is 0.470. The topological polar surface area (TPSA) is 17.8 Å². The molecular weight excluding hydrogens is 336 g/mol. The summed E-state index contributed by atoms with van der Waals surface area (Å²) in [4.78, 5) is 4.11. The Labute approximate surface area is 137 Å². The lowest BCUT2D eigenvalue weighted by atomic mass is 10.1. The maximum Gasteiger partial charge on any atom is 0.0534 e. The Morgan fingerprint density at radius 3 is 2.50 bits per heavy atom. The molecule has 4 aromatic rings. The highest BCUT2D eigenvalue weighted by atomic mass is 79.9. The molecule has 0 aliphatic rings. The number of nitrogens with zero attached hydrogens (tertiary/aromatic N) is 2. The zero-order chi connectivity index (χ0) is 14.9. The van der Waals surface area contributed by atoms with E-state index in [1.165, 1.54) is 22.0 Å². The smallest absolute Gasteiger partial charge is 0.0534 e. The van der Waals surface area contributed by atoms with Crippen molar-refractivity contribution in [3.05, 3.63) is 83.7 Å². The van der Waals surface area contributed by atoms with Crippen LogP contribution in [0.2, 0.25) is 0 Å². The third kappa shape index (κ3) is 2.24. The minimum absolute atomic E-state index is 1.09. The SMILES string of the molecule is Brc1cccc(-c2cn(-c3ccncc3)c3ccccc23)c1. The van der Waals surface area contributed by atoms with E-state index in [2.05, 4.69) is 74.1 Å². The first kappa shape index (κ1) is 13.3. The molecule has 0 N–H and O–H groups in total. The Morgan fingerprint density at radius 1 is 0.864 bits per heavy atom. The summed E-state index contributed by atoms with van der Waals surface area (Å²) in [5.41, 5.74) is 4.75. The van der Waals surface area contributed by atoms with Crippen LogP contribution in [0.15, 0.2) is 83.7 Å². The second kappa shape index (κ2) is 5.43. The number of para-hydroxylation sites is 1. The van der Waals surface area contributed by atoms with Gasteiger partial charge in [0.2, 0.25) is 0 Å². The van der Waals surface area contributed by atoms with Crippen LogP contribution in [0, 0.1) is 0 Å². The lowest BCUT2D eigenvalue weighted by Gasteiger charge is -2.03. The molecule has 0 saturated carbocycles. The lowest BCUT2D eigenvalue weighted by molar-refractivity contribution is 1.11. The standard InChI is InChI=1S/C19H13BrN2/c20-15-5-3-4-14(12-15)18-13-22(16-8-10-21-11-9-16)19-7-2-1-6-17(18)19/h1-13H. The number of rotatable bonds is 2. The lowest BCUT2D eigenvalue weighted by Crippen LogP contribution is -1.91. The number of benzene rings is 2. The van der Waals surface area contributed by atoms with E-state index in [0.717, 1.165) is 10.2 Å². The highest BCUT2D eigenvalue weighted by Crippen LogP contribution is 2.33. The largest absolute Gasteiger partial charge is 0.316 e. The Hall–Kier alpha value is -2.39. The van der Waals surface area contributed by atoms with Crippen molar-refractivity contribution in [2.24, 2.45) is 0 Å². The van der Waals surface area contributed by atoms with Gasteiger partial charge in [-0.25, -0.2) is 0 Å². The molecule has 0 saturated heterocycles. The van der Waals surface area contributed by atoms with Gasteiger partial charge >= 0.3 is 0 Å². The first-order chi connectivity index (χ1) is 10.8. The minimum Gasteiger partial charge on any atom is -0.316 e. The molecule has 2 aromatic carbocycles. The monoisotopic (exact) mass is 348 g/mol. The summed E-state index contributed by atoms with van der Waals surface area (Å²) in [6.07, 6.45) is 5.84. The molecule has 0 unspecified atom stereocenters. The first-order valence-electron chi connectivity index (χ1n) is 7.09. The van der Waals surface area contributed by atoms with Gasteiger partial charge in [0.25, 0.3) is 0 Å². The van der Waals surface area contributed by atoms with Crippen LogP contribution in [0.3, 0.4) is 0 Å². The van der Waals surface area contributed by atoms with Crippen LogP contribution in [0.1, 0.15) is 0 Å². The highest BCUT2D eigenvalue weighted by Gasteiger charge is 2.11. The number of pyridine rings is 1. The molecule has 0 aliphatic heterocycles. The summed E-state index contributed by atoms with van der Waals surface area (Å²) in [5, 5.41) is 1.25. The van der Waals surface area contributed by atoms with Gasteiger partial charge in [-0.3, -0.25) is 4.98 Å². The van der Waals surface area contributed by atoms with Gasteiger partial charge in [-0.05, 0) is 35.9 Å². The second-order valence-electron chi connectivity index (χ2n) is 5.15. The fourth-order valence-corrected chi connectivity index (χ4v) is 3.18. The van der Waals surface area contributed by atoms with Gasteiger partial charge in [0.05, 0.1) is 5.52 Å². The van der Waals surface area contributed by atoms with Gasteiger partial charge < -0.3 is 4.57 Å². The molecule has 0 aliphatic carbocycles. The summed E-state index contributed by atoms with van der Waals surface area (Å²) in [6, 6.07) is 20.9. The molecule has 2 aromatic heterocycles. The third-order valence-electron chi connectivity index (χ3n) is 3.79. The minimum atomic E-state index is 1.09. The maximum atomic E-state index is 4.11. The van der Waals surface area contributed by atoms with Gasteiger partial charge in [-0.15, -0.1) is 0 Å². The van der Waals surface area contributed by atoms with E-state index in [4.69, 9.17) is 0 Å². The van der Waals surface area contributed by atoms with Crippen molar-refractivity contribution in [2.75, 3.05) is 0 Å². The van der Waals surface area contributed by atoms with E-state index in [0.29, 0.717) is 0 Å². The van der Waals surface area contributed by atoms with Gasteiger partial charge in [0.15, 0.2) is 0 Å². The molecule has 0 spiro atoms. The summed E-state index contributed by atoms with van der Waals surface area (Å²) in [7, 11) is 0. The molecule has 106 valence electrons. The molecule has 3 heteroatoms. The van der Waals surface area contributed by atoms with Gasteiger partial charge in [0.1, 0.15) is 0 Å². The Morgan fingerprint density at radius 2 is 1.68 bits per heavy atom. The summed E-state index contributed by atoms with van der Waals surface area (Å²) in [6.45, 7) is 0. The van der Waals surface area contributed by atoms with E-state index < -0.39 is 0 Å². The van der Waals surface area contributed by atoms with Crippen molar-refractivity contribution in [2.45, 2.75) is 0 Å². The first-order valence-corrected chi connectivity index (χ1v) is 7.89. The maximum absolute atomic E-state index is 4.11. The molecule has 22 heavy (non-hydrogen) atoms. The molecule has 2 nitrogen and oxygen atoms in total. The van der Waals surface area contributed by atoms with E-state index in [1.54, 1.807) is 0 Å². The number of aromatic nitrogens is 2. The van der Waals surface area contributed by atoms with Gasteiger partial charge in [0, 0.05) is 39.7 Å². The van der Waals surface area contributed by atoms with E-state index in [-0.39, 0.29) is 0 Å². The summed E-state index contributed by atoms with van der Waals surface area (Å²) >= 11 is 3.56. The summed E-state index contributed by atoms with van der Waals surface area (Å²) < 4.78 is 3.30.